The number of hydrogen-bond acceptors (Lipinski definition) is 5. The Kier molecular flexibility index (Phi) is 71.4. The highest BCUT2D eigenvalue weighted by molar-refractivity contribution is 5.76. The maximum atomic E-state index is 12.5. The van der Waals surface area contributed by atoms with Crippen molar-refractivity contribution in [1.82, 2.24) is 5.32 Å². The van der Waals surface area contributed by atoms with E-state index in [-0.39, 0.29) is 18.5 Å². The van der Waals surface area contributed by atoms with Crippen LogP contribution in [0.5, 0.6) is 0 Å². The molecule has 0 aliphatic rings. The zero-order chi connectivity index (χ0) is 59.9. The highest BCUT2D eigenvalue weighted by Gasteiger charge is 2.18. The number of aliphatic hydroxyl groups excluding tert-OH is 2. The highest BCUT2D eigenvalue weighted by atomic mass is 16.5. The first-order chi connectivity index (χ1) is 41.0. The molecule has 1 amide bonds. The maximum Gasteiger partial charge on any atom is 0.305 e. The molecule has 0 radical (unpaired) electrons. The van der Waals surface area contributed by atoms with Gasteiger partial charge in [-0.15, -0.1) is 0 Å². The number of unbranched alkanes of at least 4 members (excludes halogenated alkanes) is 59. The predicted octanol–water partition coefficient (Wildman–Crippen LogP) is 24.9. The average molecular weight is 1170 g/mol. The summed E-state index contributed by atoms with van der Waals surface area (Å²) < 4.78 is 5.50. The second kappa shape index (κ2) is 72.8. The highest BCUT2D eigenvalue weighted by Crippen LogP contribution is 2.19. The first kappa shape index (κ1) is 81.3. The first-order valence-electron chi connectivity index (χ1n) is 38.1. The van der Waals surface area contributed by atoms with E-state index < -0.39 is 12.1 Å². The maximum absolute atomic E-state index is 12.5. The zero-order valence-electron chi connectivity index (χ0n) is 56.5. The van der Waals surface area contributed by atoms with Gasteiger partial charge >= 0.3 is 5.97 Å². The molecular weight excluding hydrogens is 1020 g/mol. The van der Waals surface area contributed by atoms with E-state index in [1.165, 1.54) is 366 Å². The van der Waals surface area contributed by atoms with Crippen LogP contribution < -0.4 is 5.32 Å². The zero-order valence-corrected chi connectivity index (χ0v) is 56.5. The lowest BCUT2D eigenvalue weighted by atomic mass is 10.0. The summed E-state index contributed by atoms with van der Waals surface area (Å²) in [7, 11) is 0. The van der Waals surface area contributed by atoms with Crippen molar-refractivity contribution in [2.75, 3.05) is 13.2 Å². The van der Waals surface area contributed by atoms with Gasteiger partial charge in [-0.3, -0.25) is 9.59 Å². The van der Waals surface area contributed by atoms with Gasteiger partial charge in [0, 0.05) is 12.8 Å². The molecule has 0 saturated carbocycles. The quantitative estimate of drug-likeness (QED) is 0.0320. The van der Waals surface area contributed by atoms with E-state index >= 15 is 0 Å². The van der Waals surface area contributed by atoms with Gasteiger partial charge in [0.2, 0.25) is 5.91 Å². The van der Waals surface area contributed by atoms with Crippen LogP contribution in [0.3, 0.4) is 0 Å². The number of nitrogens with one attached hydrogen (secondary N) is 1. The summed E-state index contributed by atoms with van der Waals surface area (Å²) in [5.41, 5.74) is 0. The molecule has 3 N–H and O–H groups in total. The van der Waals surface area contributed by atoms with Gasteiger partial charge in [-0.25, -0.2) is 0 Å². The van der Waals surface area contributed by atoms with Crippen LogP contribution in [0.4, 0.5) is 0 Å². The Morgan fingerprint density at radius 3 is 0.855 bits per heavy atom. The molecule has 83 heavy (non-hydrogen) atoms. The number of allylic oxidation sites excluding steroid dienone is 3. The van der Waals surface area contributed by atoms with E-state index in [1.807, 2.05) is 6.08 Å². The van der Waals surface area contributed by atoms with Crippen molar-refractivity contribution in [2.45, 2.75) is 443 Å². The van der Waals surface area contributed by atoms with Crippen molar-refractivity contribution in [1.29, 1.82) is 0 Å². The van der Waals surface area contributed by atoms with Gasteiger partial charge in [-0.05, 0) is 57.8 Å². The predicted molar refractivity (Wildman–Crippen MR) is 366 cm³/mol. The lowest BCUT2D eigenvalue weighted by Crippen LogP contribution is -2.45. The fraction of sp³-hybridized carbons (Fsp3) is 0.922. The molecule has 0 spiro atoms. The SMILES string of the molecule is CCCCCCCCCCCCCCCC/C=C/C(O)C(CO)NC(=O)CCCCCCCCCCCCCCCCCCC/C=C\CCCCCCCCCCCCCCCCOC(=O)CCCCCCCCCCCCCCCCC. The largest absolute Gasteiger partial charge is 0.466 e. The van der Waals surface area contributed by atoms with Crippen LogP contribution in [0.15, 0.2) is 24.3 Å². The van der Waals surface area contributed by atoms with Gasteiger partial charge in [-0.1, -0.05) is 385 Å². The fourth-order valence-electron chi connectivity index (χ4n) is 12.2. The van der Waals surface area contributed by atoms with Crippen molar-refractivity contribution in [3.8, 4) is 0 Å². The Morgan fingerprint density at radius 2 is 0.566 bits per heavy atom. The number of ether oxygens (including phenoxy) is 1. The number of esters is 1. The van der Waals surface area contributed by atoms with Crippen LogP contribution >= 0.6 is 0 Å². The van der Waals surface area contributed by atoms with Crippen LogP contribution in [0.25, 0.3) is 0 Å². The number of amides is 1. The fourth-order valence-corrected chi connectivity index (χ4v) is 12.2. The summed E-state index contributed by atoms with van der Waals surface area (Å²) in [5, 5.41) is 23.2. The van der Waals surface area contributed by atoms with Crippen LogP contribution in [-0.2, 0) is 14.3 Å². The summed E-state index contributed by atoms with van der Waals surface area (Å²) in [6, 6.07) is -0.625. The van der Waals surface area contributed by atoms with Gasteiger partial charge in [0.1, 0.15) is 0 Å². The lowest BCUT2D eigenvalue weighted by Gasteiger charge is -2.20. The van der Waals surface area contributed by atoms with Crippen molar-refractivity contribution in [3.63, 3.8) is 0 Å². The summed E-state index contributed by atoms with van der Waals surface area (Å²) in [6.07, 6.45) is 92.9. The van der Waals surface area contributed by atoms with E-state index in [1.54, 1.807) is 6.08 Å². The lowest BCUT2D eigenvalue weighted by molar-refractivity contribution is -0.143. The van der Waals surface area contributed by atoms with E-state index in [4.69, 9.17) is 4.74 Å². The number of carbonyl (C=O) groups excluding carboxylic acids is 2. The minimum atomic E-state index is -0.842. The standard InChI is InChI=1S/C77H149NO5/c1-3-5-7-9-11-13-15-17-19-42-45-49-53-57-61-65-69-75(80)74(73-79)78-76(81)70-66-62-58-54-50-46-43-39-37-35-33-31-29-27-25-23-21-20-22-24-26-28-30-32-34-36-38-40-44-48-52-56-60-64-68-72-83-77(82)71-67-63-59-55-51-47-41-18-16-14-12-10-8-6-4-2/h22,24,65,69,74-75,79-80H,3-21,23,25-64,66-68,70-73H2,1-2H3,(H,78,81)/b24-22-,69-65+. The second-order valence-corrected chi connectivity index (χ2v) is 26.3. The molecule has 0 fully saturated rings. The molecule has 492 valence electrons. The molecule has 0 aliphatic carbocycles. The number of rotatable bonds is 72. The summed E-state index contributed by atoms with van der Waals surface area (Å²) >= 11 is 0. The molecule has 0 saturated heterocycles. The Bertz CT molecular complexity index is 1300. The van der Waals surface area contributed by atoms with Gasteiger partial charge in [0.25, 0.3) is 0 Å². The molecule has 0 aromatic carbocycles. The Balaban J connectivity index is 3.34. The smallest absolute Gasteiger partial charge is 0.305 e. The molecule has 0 aromatic rings. The topological polar surface area (TPSA) is 95.9 Å². The van der Waals surface area contributed by atoms with E-state index in [9.17, 15) is 19.8 Å². The van der Waals surface area contributed by atoms with Gasteiger partial charge in [0.05, 0.1) is 25.4 Å². The molecule has 2 atom stereocenters. The van der Waals surface area contributed by atoms with Crippen molar-refractivity contribution >= 4 is 11.9 Å². The first-order valence-corrected chi connectivity index (χ1v) is 38.1. The van der Waals surface area contributed by atoms with Crippen molar-refractivity contribution in [3.05, 3.63) is 24.3 Å². The average Bonchev–Trinajstić information content (AvgIpc) is 3.49. The molecule has 0 aliphatic heterocycles. The molecule has 6 heteroatoms. The molecule has 0 heterocycles. The van der Waals surface area contributed by atoms with E-state index in [2.05, 4.69) is 31.3 Å². The van der Waals surface area contributed by atoms with Crippen LogP contribution in [0.2, 0.25) is 0 Å². The molecule has 0 bridgehead atoms. The number of carbonyl (C=O) groups is 2. The van der Waals surface area contributed by atoms with Crippen molar-refractivity contribution < 1.29 is 24.5 Å². The molecule has 0 rings (SSSR count). The molecule has 2 unspecified atom stereocenters. The third-order valence-corrected chi connectivity index (χ3v) is 18.0. The minimum absolute atomic E-state index is 0.0237. The van der Waals surface area contributed by atoms with E-state index in [0.29, 0.717) is 19.4 Å². The van der Waals surface area contributed by atoms with Crippen LogP contribution in [0, 0.1) is 0 Å². The minimum Gasteiger partial charge on any atom is -0.466 e. The third-order valence-electron chi connectivity index (χ3n) is 18.0. The normalized spacial score (nSPS) is 12.6. The second-order valence-electron chi connectivity index (χ2n) is 26.3. The van der Waals surface area contributed by atoms with Crippen LogP contribution in [0.1, 0.15) is 431 Å². The number of aliphatic hydroxyl groups is 2. The Hall–Kier alpha value is -1.66. The number of hydrogen-bond donors (Lipinski definition) is 3. The Morgan fingerprint density at radius 1 is 0.325 bits per heavy atom. The van der Waals surface area contributed by atoms with E-state index in [0.717, 1.165) is 38.5 Å². The molecule has 6 nitrogen and oxygen atoms in total. The molecule has 0 aromatic heterocycles. The summed E-state index contributed by atoms with van der Waals surface area (Å²) in [4.78, 5) is 24.6. The summed E-state index contributed by atoms with van der Waals surface area (Å²) in [6.45, 7) is 4.95. The van der Waals surface area contributed by atoms with Gasteiger partial charge in [0.15, 0.2) is 0 Å². The van der Waals surface area contributed by atoms with Gasteiger partial charge < -0.3 is 20.3 Å². The summed E-state index contributed by atoms with van der Waals surface area (Å²) in [5.74, 6) is -0.0374. The third kappa shape index (κ3) is 69.3. The Labute approximate surface area is 520 Å². The van der Waals surface area contributed by atoms with Gasteiger partial charge in [-0.2, -0.15) is 0 Å². The van der Waals surface area contributed by atoms with Crippen molar-refractivity contribution in [2.24, 2.45) is 0 Å². The monoisotopic (exact) mass is 1170 g/mol. The van der Waals surface area contributed by atoms with Crippen LogP contribution in [-0.4, -0.2) is 47.4 Å². The molecular formula is C77H149NO5.